The minimum Gasteiger partial charge on any atom is -0.392 e. The van der Waals surface area contributed by atoms with Crippen LogP contribution in [0.2, 0.25) is 0 Å². The molecule has 0 fully saturated rings. The molecule has 0 aliphatic heterocycles. The molecule has 1 rings (SSSR count). The maximum atomic E-state index is 9.87. The molecule has 1 unspecified atom stereocenters. The predicted molar refractivity (Wildman–Crippen MR) is 73.9 cm³/mol. The molecular weight excluding hydrogens is 292 g/mol. The third kappa shape index (κ3) is 5.38. The lowest BCUT2D eigenvalue weighted by Crippen LogP contribution is -2.18. The van der Waals surface area contributed by atoms with Gasteiger partial charge in [0.15, 0.2) is 0 Å². The summed E-state index contributed by atoms with van der Waals surface area (Å²) in [6.45, 7) is 6.52. The lowest BCUT2D eigenvalue weighted by molar-refractivity contribution is 0.200. The number of aliphatic hydroxyl groups excluding tert-OH is 1. The van der Waals surface area contributed by atoms with Crippen molar-refractivity contribution in [3.63, 3.8) is 0 Å². The maximum absolute atomic E-state index is 9.87. The molecule has 0 aliphatic carbocycles. The van der Waals surface area contributed by atoms with E-state index in [9.17, 15) is 5.11 Å². The van der Waals surface area contributed by atoms with Crippen LogP contribution in [-0.2, 0) is 6.42 Å². The van der Waals surface area contributed by atoms with Crippen molar-refractivity contribution in [2.24, 2.45) is 0 Å². The Kier molecular flexibility index (Phi) is 5.16. The van der Waals surface area contributed by atoms with Crippen LogP contribution in [0.25, 0.3) is 0 Å². The second-order valence-electron chi connectivity index (χ2n) is 4.47. The van der Waals surface area contributed by atoms with Gasteiger partial charge in [-0.25, -0.2) is 0 Å². The highest BCUT2D eigenvalue weighted by atomic mass is 79.9. The zero-order valence-corrected chi connectivity index (χ0v) is 12.5. The first-order valence-corrected chi connectivity index (χ1v) is 7.58. The number of rotatable bonds is 4. The van der Waals surface area contributed by atoms with Crippen molar-refractivity contribution in [1.82, 2.24) is 0 Å². The van der Waals surface area contributed by atoms with E-state index in [2.05, 4.69) is 36.7 Å². The van der Waals surface area contributed by atoms with E-state index >= 15 is 0 Å². The molecule has 0 bridgehead atoms. The van der Waals surface area contributed by atoms with Crippen molar-refractivity contribution in [1.29, 1.82) is 0 Å². The van der Waals surface area contributed by atoms with Crippen LogP contribution >= 0.6 is 39.0 Å². The Morgan fingerprint density at radius 2 is 2.20 bits per heavy atom. The summed E-state index contributed by atoms with van der Waals surface area (Å²) in [5.74, 6) is 0.799. The molecule has 4 heteroatoms. The first-order chi connectivity index (χ1) is 6.88. The van der Waals surface area contributed by atoms with Crippen molar-refractivity contribution in [3.05, 3.63) is 20.8 Å². The fourth-order valence-corrected chi connectivity index (χ4v) is 3.49. The van der Waals surface area contributed by atoms with Crippen LogP contribution < -0.4 is 0 Å². The Hall–Kier alpha value is 0.490. The predicted octanol–water partition coefficient (Wildman–Crippen LogP) is 3.95. The van der Waals surface area contributed by atoms with Crippen LogP contribution in [0.3, 0.4) is 0 Å². The molecule has 0 spiro atoms. The van der Waals surface area contributed by atoms with Gasteiger partial charge in [0.2, 0.25) is 0 Å². The van der Waals surface area contributed by atoms with Crippen molar-refractivity contribution < 1.29 is 5.11 Å². The summed E-state index contributed by atoms with van der Waals surface area (Å²) in [5, 5.41) is 11.9. The van der Waals surface area contributed by atoms with Crippen LogP contribution in [0.4, 0.5) is 0 Å². The molecule has 15 heavy (non-hydrogen) atoms. The monoisotopic (exact) mass is 308 g/mol. The van der Waals surface area contributed by atoms with E-state index in [0.717, 1.165) is 16.6 Å². The van der Waals surface area contributed by atoms with Crippen LogP contribution in [-0.4, -0.2) is 21.7 Å². The normalized spacial score (nSPS) is 14.2. The van der Waals surface area contributed by atoms with Gasteiger partial charge >= 0.3 is 0 Å². The molecule has 0 aromatic carbocycles. The van der Waals surface area contributed by atoms with E-state index in [1.165, 1.54) is 4.88 Å². The summed E-state index contributed by atoms with van der Waals surface area (Å²) >= 11 is 6.98. The Morgan fingerprint density at radius 3 is 2.67 bits per heavy atom. The molecule has 0 aliphatic rings. The fourth-order valence-electron chi connectivity index (χ4n) is 1.09. The van der Waals surface area contributed by atoms with Gasteiger partial charge in [-0.2, -0.15) is 11.8 Å². The van der Waals surface area contributed by atoms with E-state index in [4.69, 9.17) is 0 Å². The minimum absolute atomic E-state index is 0.230. The summed E-state index contributed by atoms with van der Waals surface area (Å²) in [6, 6.07) is 2.03. The van der Waals surface area contributed by atoms with Gasteiger partial charge in [-0.3, -0.25) is 0 Å². The second kappa shape index (κ2) is 5.71. The van der Waals surface area contributed by atoms with Gasteiger partial charge < -0.3 is 5.11 Å². The van der Waals surface area contributed by atoms with Crippen LogP contribution in [0.1, 0.15) is 25.6 Å². The van der Waals surface area contributed by atoms with Crippen LogP contribution in [0.5, 0.6) is 0 Å². The molecule has 1 aromatic heterocycles. The van der Waals surface area contributed by atoms with E-state index in [0.29, 0.717) is 0 Å². The molecule has 86 valence electrons. The largest absolute Gasteiger partial charge is 0.392 e. The first kappa shape index (κ1) is 13.6. The molecule has 0 saturated carbocycles. The number of hydrogen-bond donors (Lipinski definition) is 1. The molecule has 1 N–H and O–H groups in total. The standard InChI is InChI=1S/C11H17BrOS2/c1-11(2,3)15-7-8(13)6-10-9(12)4-5-14-10/h4-5,8,13H,6-7H2,1-3H3. The number of thiophene rings is 1. The van der Waals surface area contributed by atoms with Crippen LogP contribution in [0.15, 0.2) is 15.9 Å². The van der Waals surface area contributed by atoms with Crippen molar-refractivity contribution in [2.45, 2.75) is 38.0 Å². The third-order valence-corrected chi connectivity index (χ3v) is 5.19. The van der Waals surface area contributed by atoms with E-state index in [1.807, 2.05) is 23.2 Å². The lowest BCUT2D eigenvalue weighted by atomic mass is 10.2. The number of thioether (sulfide) groups is 1. The average Bonchev–Trinajstić information content (AvgIpc) is 2.47. The number of hydrogen-bond acceptors (Lipinski definition) is 3. The molecule has 1 nitrogen and oxygen atoms in total. The molecule has 0 radical (unpaired) electrons. The van der Waals surface area contributed by atoms with E-state index in [1.54, 1.807) is 11.3 Å². The maximum Gasteiger partial charge on any atom is 0.0679 e. The fraction of sp³-hybridized carbons (Fsp3) is 0.636. The number of halogens is 1. The Labute approximate surface area is 108 Å². The highest BCUT2D eigenvalue weighted by Crippen LogP contribution is 2.27. The van der Waals surface area contributed by atoms with Gasteiger partial charge in [0, 0.05) is 26.3 Å². The molecule has 0 amide bonds. The van der Waals surface area contributed by atoms with E-state index in [-0.39, 0.29) is 10.9 Å². The first-order valence-electron chi connectivity index (χ1n) is 4.92. The Balaban J connectivity index is 2.37. The van der Waals surface area contributed by atoms with Crippen LogP contribution in [0, 0.1) is 0 Å². The molecule has 1 heterocycles. The highest BCUT2D eigenvalue weighted by Gasteiger charge is 2.15. The van der Waals surface area contributed by atoms with Crippen molar-refractivity contribution >= 4 is 39.0 Å². The van der Waals surface area contributed by atoms with Gasteiger partial charge in [0.1, 0.15) is 0 Å². The zero-order valence-electron chi connectivity index (χ0n) is 9.29. The van der Waals surface area contributed by atoms with Gasteiger partial charge in [0.25, 0.3) is 0 Å². The lowest BCUT2D eigenvalue weighted by Gasteiger charge is -2.19. The van der Waals surface area contributed by atoms with Gasteiger partial charge in [-0.15, -0.1) is 11.3 Å². The Morgan fingerprint density at radius 1 is 1.53 bits per heavy atom. The van der Waals surface area contributed by atoms with Crippen molar-refractivity contribution in [3.8, 4) is 0 Å². The molecular formula is C11H17BrOS2. The highest BCUT2D eigenvalue weighted by molar-refractivity contribution is 9.10. The van der Waals surface area contributed by atoms with Gasteiger partial charge in [-0.1, -0.05) is 20.8 Å². The molecule has 0 saturated heterocycles. The van der Waals surface area contributed by atoms with Gasteiger partial charge in [-0.05, 0) is 27.4 Å². The van der Waals surface area contributed by atoms with Gasteiger partial charge in [0.05, 0.1) is 6.10 Å². The topological polar surface area (TPSA) is 20.2 Å². The SMILES string of the molecule is CC(C)(C)SCC(O)Cc1sccc1Br. The zero-order chi connectivity index (χ0) is 11.5. The quantitative estimate of drug-likeness (QED) is 0.909. The third-order valence-electron chi connectivity index (χ3n) is 1.82. The summed E-state index contributed by atoms with van der Waals surface area (Å²) in [6.07, 6.45) is 0.505. The van der Waals surface area contributed by atoms with Crippen molar-refractivity contribution in [2.75, 3.05) is 5.75 Å². The summed E-state index contributed by atoms with van der Waals surface area (Å²) in [4.78, 5) is 1.23. The number of aliphatic hydroxyl groups is 1. The van der Waals surface area contributed by atoms with E-state index < -0.39 is 0 Å². The summed E-state index contributed by atoms with van der Waals surface area (Å²) in [5.41, 5.74) is 0. The Bertz CT molecular complexity index is 304. The molecule has 1 aromatic rings. The summed E-state index contributed by atoms with van der Waals surface area (Å²) < 4.78 is 1.35. The smallest absolute Gasteiger partial charge is 0.0679 e. The minimum atomic E-state index is -0.246. The summed E-state index contributed by atoms with van der Waals surface area (Å²) in [7, 11) is 0. The average molecular weight is 309 g/mol. The molecule has 1 atom stereocenters. The second-order valence-corrected chi connectivity index (χ2v) is 8.17.